The molecule has 1 N–H and O–H groups in total. The lowest BCUT2D eigenvalue weighted by molar-refractivity contribution is 0.354. The minimum Gasteiger partial charge on any atom is -0.493 e. The third-order valence-electron chi connectivity index (χ3n) is 1.96. The Bertz CT molecular complexity index is 291. The second kappa shape index (κ2) is 6.08. The van der Waals surface area contributed by atoms with E-state index in [9.17, 15) is 0 Å². The average molecular weight is 307 g/mol. The topological polar surface area (TPSA) is 30.5 Å². The maximum absolute atomic E-state index is 5.21. The first-order valence-electron chi connectivity index (χ1n) is 4.36. The van der Waals surface area contributed by atoms with E-state index in [4.69, 9.17) is 9.47 Å². The highest BCUT2D eigenvalue weighted by Crippen LogP contribution is 2.27. The highest BCUT2D eigenvalue weighted by atomic mass is 127. The lowest BCUT2D eigenvalue weighted by Gasteiger charge is -2.09. The fraction of sp³-hybridized carbons (Fsp3) is 0.400. The fourth-order valence-electron chi connectivity index (χ4n) is 1.23. The minimum absolute atomic E-state index is 0.777. The van der Waals surface area contributed by atoms with Gasteiger partial charge < -0.3 is 9.47 Å². The molecule has 0 amide bonds. The molecule has 14 heavy (non-hydrogen) atoms. The first-order chi connectivity index (χ1) is 6.81. The van der Waals surface area contributed by atoms with Crippen LogP contribution in [0.4, 0.5) is 0 Å². The van der Waals surface area contributed by atoms with Crippen LogP contribution in [-0.4, -0.2) is 20.8 Å². The molecular weight excluding hydrogens is 293 g/mol. The van der Waals surface area contributed by atoms with Gasteiger partial charge in [-0.2, -0.15) is 0 Å². The van der Waals surface area contributed by atoms with Crippen LogP contribution in [0, 0.1) is 0 Å². The smallest absolute Gasteiger partial charge is 0.160 e. The van der Waals surface area contributed by atoms with Gasteiger partial charge in [-0.25, -0.2) is 0 Å². The van der Waals surface area contributed by atoms with E-state index in [1.54, 1.807) is 14.2 Å². The Morgan fingerprint density at radius 2 is 1.93 bits per heavy atom. The van der Waals surface area contributed by atoms with Crippen molar-refractivity contribution in [2.45, 2.75) is 6.42 Å². The number of benzene rings is 1. The summed E-state index contributed by atoms with van der Waals surface area (Å²) in [5, 5.41) is 0. The quantitative estimate of drug-likeness (QED) is 0.668. The molecule has 0 fully saturated rings. The normalized spacial score (nSPS) is 9.93. The largest absolute Gasteiger partial charge is 0.493 e. The van der Waals surface area contributed by atoms with Crippen LogP contribution in [0.2, 0.25) is 0 Å². The number of ether oxygens (including phenoxy) is 2. The highest BCUT2D eigenvalue weighted by Gasteiger charge is 2.03. The maximum Gasteiger partial charge on any atom is 0.160 e. The van der Waals surface area contributed by atoms with E-state index in [-0.39, 0.29) is 0 Å². The summed E-state index contributed by atoms with van der Waals surface area (Å²) < 4.78 is 13.4. The maximum atomic E-state index is 5.21. The third-order valence-corrected chi connectivity index (χ3v) is 2.50. The van der Waals surface area contributed by atoms with Crippen molar-refractivity contribution in [3.8, 4) is 11.5 Å². The number of nitrogens with one attached hydrogen (secondary N) is 1. The summed E-state index contributed by atoms with van der Waals surface area (Å²) in [4.78, 5) is 0. The van der Waals surface area contributed by atoms with E-state index in [2.05, 4.69) is 32.5 Å². The van der Waals surface area contributed by atoms with Gasteiger partial charge in [-0.1, -0.05) is 6.07 Å². The molecule has 1 aromatic carbocycles. The molecule has 0 aliphatic carbocycles. The van der Waals surface area contributed by atoms with Crippen molar-refractivity contribution in [1.29, 1.82) is 0 Å². The van der Waals surface area contributed by atoms with Crippen LogP contribution < -0.4 is 13.0 Å². The summed E-state index contributed by atoms with van der Waals surface area (Å²) in [6.45, 7) is 0.954. The number of halogens is 1. The van der Waals surface area contributed by atoms with Gasteiger partial charge in [0.1, 0.15) is 0 Å². The van der Waals surface area contributed by atoms with Gasteiger partial charge in [-0.3, -0.25) is 3.53 Å². The first kappa shape index (κ1) is 11.6. The van der Waals surface area contributed by atoms with E-state index in [0.29, 0.717) is 0 Å². The van der Waals surface area contributed by atoms with Crippen LogP contribution in [0.1, 0.15) is 5.56 Å². The Hall–Kier alpha value is -0.490. The predicted molar refractivity (Wildman–Crippen MR) is 65.3 cm³/mol. The van der Waals surface area contributed by atoms with Crippen LogP contribution in [-0.2, 0) is 6.42 Å². The zero-order chi connectivity index (χ0) is 10.4. The first-order valence-corrected chi connectivity index (χ1v) is 5.44. The van der Waals surface area contributed by atoms with E-state index in [0.717, 1.165) is 24.5 Å². The molecule has 0 heterocycles. The molecule has 0 radical (unpaired) electrons. The summed E-state index contributed by atoms with van der Waals surface area (Å²) in [5.41, 5.74) is 1.24. The van der Waals surface area contributed by atoms with Crippen molar-refractivity contribution in [3.05, 3.63) is 23.8 Å². The molecule has 3 nitrogen and oxygen atoms in total. The monoisotopic (exact) mass is 307 g/mol. The van der Waals surface area contributed by atoms with Crippen LogP contribution in [0.5, 0.6) is 11.5 Å². The Balaban J connectivity index is 2.79. The zero-order valence-electron chi connectivity index (χ0n) is 8.34. The van der Waals surface area contributed by atoms with Gasteiger partial charge in [-0.05, 0) is 24.1 Å². The van der Waals surface area contributed by atoms with Gasteiger partial charge in [0.05, 0.1) is 14.2 Å². The number of hydrogen-bond donors (Lipinski definition) is 1. The minimum atomic E-state index is 0.777. The number of hydrogen-bond acceptors (Lipinski definition) is 3. The van der Waals surface area contributed by atoms with Crippen LogP contribution in [0.3, 0.4) is 0 Å². The van der Waals surface area contributed by atoms with E-state index in [1.165, 1.54) is 5.56 Å². The lowest BCUT2D eigenvalue weighted by Crippen LogP contribution is -2.03. The summed E-state index contributed by atoms with van der Waals surface area (Å²) in [6.07, 6.45) is 0.989. The lowest BCUT2D eigenvalue weighted by atomic mass is 10.1. The molecule has 78 valence electrons. The van der Waals surface area contributed by atoms with Crippen molar-refractivity contribution in [2.75, 3.05) is 20.8 Å². The number of methoxy groups -OCH3 is 2. The van der Waals surface area contributed by atoms with E-state index >= 15 is 0 Å². The standard InChI is InChI=1S/C10H14INO2/c1-13-9-4-3-8(5-6-12-11)7-10(9)14-2/h3-4,7,12H,5-6H2,1-2H3. The summed E-state index contributed by atoms with van der Waals surface area (Å²) in [7, 11) is 3.29. The Kier molecular flexibility index (Phi) is 5.03. The van der Waals surface area contributed by atoms with Crippen molar-refractivity contribution in [2.24, 2.45) is 0 Å². The van der Waals surface area contributed by atoms with E-state index < -0.39 is 0 Å². The van der Waals surface area contributed by atoms with Crippen molar-refractivity contribution < 1.29 is 9.47 Å². The second-order valence-corrected chi connectivity index (χ2v) is 3.59. The molecule has 0 atom stereocenters. The average Bonchev–Trinajstić information content (AvgIpc) is 2.25. The SMILES string of the molecule is COc1ccc(CCNI)cc1OC. The third kappa shape index (κ3) is 3.02. The van der Waals surface area contributed by atoms with Crippen molar-refractivity contribution >= 4 is 22.9 Å². The van der Waals surface area contributed by atoms with Gasteiger partial charge in [0.2, 0.25) is 0 Å². The van der Waals surface area contributed by atoms with Gasteiger partial charge in [-0.15, -0.1) is 0 Å². The summed E-state index contributed by atoms with van der Waals surface area (Å²) >= 11 is 2.14. The Labute approximate surface area is 98.3 Å². The van der Waals surface area contributed by atoms with E-state index in [1.807, 2.05) is 12.1 Å². The molecular formula is C10H14INO2. The molecule has 0 unspecified atom stereocenters. The van der Waals surface area contributed by atoms with Crippen LogP contribution in [0.25, 0.3) is 0 Å². The number of rotatable bonds is 5. The molecule has 0 bridgehead atoms. The molecule has 0 aromatic heterocycles. The summed E-state index contributed by atoms with van der Waals surface area (Å²) in [6, 6.07) is 5.99. The van der Waals surface area contributed by atoms with Crippen LogP contribution >= 0.6 is 22.9 Å². The second-order valence-electron chi connectivity index (χ2n) is 2.82. The molecule has 0 aliphatic heterocycles. The summed E-state index contributed by atoms with van der Waals surface area (Å²) in [5.74, 6) is 1.57. The highest BCUT2D eigenvalue weighted by molar-refractivity contribution is 14.1. The predicted octanol–water partition coefficient (Wildman–Crippen LogP) is 2.19. The molecule has 4 heteroatoms. The fourth-order valence-corrected chi connectivity index (χ4v) is 1.50. The molecule has 0 saturated carbocycles. The van der Waals surface area contributed by atoms with Crippen molar-refractivity contribution in [3.63, 3.8) is 0 Å². The van der Waals surface area contributed by atoms with Gasteiger partial charge in [0.15, 0.2) is 11.5 Å². The van der Waals surface area contributed by atoms with Gasteiger partial charge in [0.25, 0.3) is 0 Å². The zero-order valence-corrected chi connectivity index (χ0v) is 10.5. The van der Waals surface area contributed by atoms with Crippen molar-refractivity contribution in [1.82, 2.24) is 3.53 Å². The van der Waals surface area contributed by atoms with Crippen LogP contribution in [0.15, 0.2) is 18.2 Å². The molecule has 0 spiro atoms. The Morgan fingerprint density at radius 3 is 2.50 bits per heavy atom. The molecule has 1 aromatic rings. The van der Waals surface area contributed by atoms with Gasteiger partial charge >= 0.3 is 0 Å². The molecule has 1 rings (SSSR count). The molecule has 0 aliphatic rings. The van der Waals surface area contributed by atoms with Gasteiger partial charge in [0, 0.05) is 29.4 Å². The Morgan fingerprint density at radius 1 is 1.21 bits per heavy atom. The molecule has 0 saturated heterocycles.